The summed E-state index contributed by atoms with van der Waals surface area (Å²) < 4.78 is 11.1. The van der Waals surface area contributed by atoms with Crippen LogP contribution >= 0.6 is 0 Å². The maximum Gasteiger partial charge on any atom is 0.161 e. The summed E-state index contributed by atoms with van der Waals surface area (Å²) in [5.41, 5.74) is 1.20. The Balaban J connectivity index is 1.57. The molecule has 0 aromatic heterocycles. The number of ether oxygens (including phenoxy) is 2. The summed E-state index contributed by atoms with van der Waals surface area (Å²) in [6.07, 6.45) is 3.94. The number of rotatable bonds is 3. The van der Waals surface area contributed by atoms with Crippen LogP contribution in [-0.4, -0.2) is 30.5 Å². The Morgan fingerprint density at radius 2 is 2.00 bits per heavy atom. The van der Waals surface area contributed by atoms with Gasteiger partial charge >= 0.3 is 0 Å². The van der Waals surface area contributed by atoms with Gasteiger partial charge in [-0.3, -0.25) is 0 Å². The van der Waals surface area contributed by atoms with E-state index in [1.807, 2.05) is 12.1 Å². The lowest BCUT2D eigenvalue weighted by molar-refractivity contribution is 0.111. The van der Waals surface area contributed by atoms with E-state index in [4.69, 9.17) is 9.47 Å². The molecule has 1 aromatic rings. The first-order chi connectivity index (χ1) is 9.31. The molecule has 0 spiro atoms. The molecule has 0 saturated heterocycles. The first-order valence-corrected chi connectivity index (χ1v) is 7.11. The molecular weight excluding hydrogens is 242 g/mol. The van der Waals surface area contributed by atoms with Gasteiger partial charge in [-0.1, -0.05) is 6.07 Å². The number of fused-ring (bicyclic) bond motifs is 1. The van der Waals surface area contributed by atoms with E-state index in [2.05, 4.69) is 11.4 Å². The SMILES string of the molecule is O[C@@H]1CCC[C@H](NCc2ccc3c(c2)OCCO3)C1. The number of benzene rings is 1. The number of aliphatic hydroxyl groups excluding tert-OH is 1. The maximum absolute atomic E-state index is 9.66. The van der Waals surface area contributed by atoms with Crippen LogP contribution in [0.3, 0.4) is 0 Å². The summed E-state index contributed by atoms with van der Waals surface area (Å²) >= 11 is 0. The van der Waals surface area contributed by atoms with Crippen LogP contribution in [0.2, 0.25) is 0 Å². The molecule has 3 rings (SSSR count). The van der Waals surface area contributed by atoms with Crippen LogP contribution in [0.15, 0.2) is 18.2 Å². The van der Waals surface area contributed by atoms with Crippen LogP contribution in [0.25, 0.3) is 0 Å². The number of nitrogens with one attached hydrogen (secondary N) is 1. The van der Waals surface area contributed by atoms with Crippen LogP contribution in [0.1, 0.15) is 31.2 Å². The molecule has 0 radical (unpaired) electrons. The molecule has 0 unspecified atom stereocenters. The molecule has 0 amide bonds. The van der Waals surface area contributed by atoms with E-state index >= 15 is 0 Å². The molecule has 4 nitrogen and oxygen atoms in total. The largest absolute Gasteiger partial charge is 0.486 e. The van der Waals surface area contributed by atoms with Gasteiger partial charge in [-0.15, -0.1) is 0 Å². The second kappa shape index (κ2) is 5.80. The van der Waals surface area contributed by atoms with Gasteiger partial charge in [-0.05, 0) is 43.4 Å². The average Bonchev–Trinajstić information content (AvgIpc) is 2.45. The number of hydrogen-bond donors (Lipinski definition) is 2. The zero-order valence-electron chi connectivity index (χ0n) is 11.1. The Morgan fingerprint density at radius 3 is 2.84 bits per heavy atom. The predicted octanol–water partition coefficient (Wildman–Crippen LogP) is 1.85. The monoisotopic (exact) mass is 263 g/mol. The van der Waals surface area contributed by atoms with Gasteiger partial charge in [-0.25, -0.2) is 0 Å². The highest BCUT2D eigenvalue weighted by atomic mass is 16.6. The molecule has 1 aromatic carbocycles. The molecule has 2 aliphatic rings. The van der Waals surface area contributed by atoms with Crippen molar-refractivity contribution in [3.63, 3.8) is 0 Å². The molecule has 2 atom stereocenters. The summed E-state index contributed by atoms with van der Waals surface area (Å²) in [4.78, 5) is 0. The predicted molar refractivity (Wildman–Crippen MR) is 72.5 cm³/mol. The Labute approximate surface area is 113 Å². The third kappa shape index (κ3) is 3.19. The van der Waals surface area contributed by atoms with Gasteiger partial charge in [0.15, 0.2) is 11.5 Å². The summed E-state index contributed by atoms with van der Waals surface area (Å²) in [5.74, 6) is 1.68. The van der Waals surface area contributed by atoms with E-state index in [1.54, 1.807) is 0 Å². The quantitative estimate of drug-likeness (QED) is 0.874. The summed E-state index contributed by atoms with van der Waals surface area (Å²) in [6, 6.07) is 6.51. The van der Waals surface area contributed by atoms with Crippen LogP contribution in [0.5, 0.6) is 11.5 Å². The van der Waals surface area contributed by atoms with Crippen molar-refractivity contribution in [3.8, 4) is 11.5 Å². The molecule has 2 N–H and O–H groups in total. The average molecular weight is 263 g/mol. The van der Waals surface area contributed by atoms with Crippen LogP contribution in [0.4, 0.5) is 0 Å². The fraction of sp³-hybridized carbons (Fsp3) is 0.600. The molecule has 4 heteroatoms. The van der Waals surface area contributed by atoms with Gasteiger partial charge in [0.1, 0.15) is 13.2 Å². The highest BCUT2D eigenvalue weighted by Gasteiger charge is 2.19. The second-order valence-electron chi connectivity index (χ2n) is 5.38. The number of hydrogen-bond acceptors (Lipinski definition) is 4. The lowest BCUT2D eigenvalue weighted by atomic mass is 9.93. The molecule has 1 saturated carbocycles. The van der Waals surface area contributed by atoms with E-state index in [0.717, 1.165) is 43.7 Å². The van der Waals surface area contributed by atoms with Crippen molar-refractivity contribution in [2.75, 3.05) is 13.2 Å². The smallest absolute Gasteiger partial charge is 0.161 e. The zero-order chi connectivity index (χ0) is 13.1. The van der Waals surface area contributed by atoms with E-state index < -0.39 is 0 Å². The van der Waals surface area contributed by atoms with Crippen molar-refractivity contribution >= 4 is 0 Å². The van der Waals surface area contributed by atoms with Crippen LogP contribution in [0, 0.1) is 0 Å². The normalized spacial score (nSPS) is 26.2. The van der Waals surface area contributed by atoms with Crippen molar-refractivity contribution in [2.24, 2.45) is 0 Å². The minimum atomic E-state index is -0.133. The van der Waals surface area contributed by atoms with Crippen LogP contribution < -0.4 is 14.8 Å². The van der Waals surface area contributed by atoms with Crippen molar-refractivity contribution in [3.05, 3.63) is 23.8 Å². The molecule has 19 heavy (non-hydrogen) atoms. The van der Waals surface area contributed by atoms with E-state index in [1.165, 1.54) is 5.56 Å². The van der Waals surface area contributed by atoms with Crippen molar-refractivity contribution in [1.82, 2.24) is 5.32 Å². The lowest BCUT2D eigenvalue weighted by Crippen LogP contribution is -2.35. The summed E-state index contributed by atoms with van der Waals surface area (Å²) in [7, 11) is 0. The van der Waals surface area contributed by atoms with Gasteiger partial charge in [0.05, 0.1) is 6.10 Å². The van der Waals surface area contributed by atoms with Crippen molar-refractivity contribution in [2.45, 2.75) is 44.4 Å². The first kappa shape index (κ1) is 12.8. The maximum atomic E-state index is 9.66. The lowest BCUT2D eigenvalue weighted by Gasteiger charge is -2.27. The topological polar surface area (TPSA) is 50.7 Å². The van der Waals surface area contributed by atoms with Crippen molar-refractivity contribution in [1.29, 1.82) is 0 Å². The zero-order valence-corrected chi connectivity index (χ0v) is 11.1. The number of aliphatic hydroxyl groups is 1. The van der Waals surface area contributed by atoms with Gasteiger partial charge in [-0.2, -0.15) is 0 Å². The molecule has 0 bridgehead atoms. The van der Waals surface area contributed by atoms with Gasteiger partial charge in [0.2, 0.25) is 0 Å². The minimum absolute atomic E-state index is 0.133. The highest BCUT2D eigenvalue weighted by Crippen LogP contribution is 2.30. The highest BCUT2D eigenvalue weighted by molar-refractivity contribution is 5.43. The third-order valence-electron chi connectivity index (χ3n) is 3.85. The van der Waals surface area contributed by atoms with Gasteiger partial charge in [0, 0.05) is 12.6 Å². The molecular formula is C15H21NO3. The van der Waals surface area contributed by atoms with Crippen LogP contribution in [-0.2, 0) is 6.54 Å². The Kier molecular flexibility index (Phi) is 3.89. The Bertz CT molecular complexity index is 435. The van der Waals surface area contributed by atoms with E-state index in [9.17, 15) is 5.11 Å². The van der Waals surface area contributed by atoms with Gasteiger partial charge < -0.3 is 19.9 Å². The standard InChI is InChI=1S/C15H21NO3/c17-13-3-1-2-12(9-13)16-10-11-4-5-14-15(8-11)19-7-6-18-14/h4-5,8,12-13,16-17H,1-3,6-7,9-10H2/t12-,13+/m0/s1. The second-order valence-corrected chi connectivity index (χ2v) is 5.38. The molecule has 1 fully saturated rings. The fourth-order valence-electron chi connectivity index (χ4n) is 2.81. The Hall–Kier alpha value is -1.26. The van der Waals surface area contributed by atoms with E-state index in [0.29, 0.717) is 19.3 Å². The first-order valence-electron chi connectivity index (χ1n) is 7.11. The van der Waals surface area contributed by atoms with E-state index in [-0.39, 0.29) is 6.10 Å². The molecule has 1 heterocycles. The third-order valence-corrected chi connectivity index (χ3v) is 3.85. The molecule has 104 valence electrons. The minimum Gasteiger partial charge on any atom is -0.486 e. The van der Waals surface area contributed by atoms with Gasteiger partial charge in [0.25, 0.3) is 0 Å². The summed E-state index contributed by atoms with van der Waals surface area (Å²) in [6.45, 7) is 2.07. The fourth-order valence-corrected chi connectivity index (χ4v) is 2.81. The Morgan fingerprint density at radius 1 is 1.16 bits per heavy atom. The molecule has 1 aliphatic heterocycles. The van der Waals surface area contributed by atoms with Crippen molar-refractivity contribution < 1.29 is 14.6 Å². The summed E-state index contributed by atoms with van der Waals surface area (Å²) in [5, 5.41) is 13.2. The molecule has 1 aliphatic carbocycles.